The topological polar surface area (TPSA) is 107 Å². The molecule has 0 unspecified atom stereocenters. The molecule has 0 amide bonds. The zero-order chi connectivity index (χ0) is 18.0. The first-order valence-corrected chi connectivity index (χ1v) is 9.38. The fourth-order valence-corrected chi connectivity index (χ4v) is 3.55. The van der Waals surface area contributed by atoms with E-state index in [9.17, 15) is 4.79 Å². The van der Waals surface area contributed by atoms with Crippen LogP contribution in [0, 0.1) is 0 Å². The minimum atomic E-state index is -0.919. The molecule has 0 saturated carbocycles. The monoisotopic (exact) mass is 533 g/mol. The Morgan fingerprint density at radius 1 is 1.24 bits per heavy atom. The van der Waals surface area contributed by atoms with E-state index < -0.39 is 5.97 Å². The number of aliphatic carboxylic acids is 1. The lowest BCUT2D eigenvalue weighted by molar-refractivity contribution is -0.137. The maximum absolute atomic E-state index is 10.6. The Hall–Kier alpha value is -1.59. The molecule has 2 aromatic heterocycles. The molecule has 3 rings (SSSR count). The summed E-state index contributed by atoms with van der Waals surface area (Å²) in [5.74, 6) is -0.380. The Bertz CT molecular complexity index is 901. The van der Waals surface area contributed by atoms with Crippen LogP contribution in [0.25, 0.3) is 11.5 Å². The van der Waals surface area contributed by atoms with Crippen molar-refractivity contribution in [3.05, 3.63) is 43.2 Å². The van der Waals surface area contributed by atoms with Crippen molar-refractivity contribution in [2.75, 3.05) is 0 Å². The van der Waals surface area contributed by atoms with Crippen LogP contribution in [0.5, 0.6) is 0 Å². The highest BCUT2D eigenvalue weighted by Gasteiger charge is 2.14. The van der Waals surface area contributed by atoms with E-state index in [4.69, 9.17) is 9.63 Å². The second kappa shape index (κ2) is 7.75. The normalized spacial score (nSPS) is 11.0. The molecule has 0 bridgehead atoms. The van der Waals surface area contributed by atoms with Crippen molar-refractivity contribution in [1.82, 2.24) is 25.1 Å². The van der Waals surface area contributed by atoms with Gasteiger partial charge in [-0.25, -0.2) is 4.68 Å². The first kappa shape index (κ1) is 18.2. The molecule has 1 aromatic carbocycles. The fourth-order valence-electron chi connectivity index (χ4n) is 2.04. The van der Waals surface area contributed by atoms with Gasteiger partial charge in [0.15, 0.2) is 5.69 Å². The van der Waals surface area contributed by atoms with E-state index in [-0.39, 0.29) is 24.6 Å². The second-order valence-corrected chi connectivity index (χ2v) is 7.58. The number of rotatable bonds is 6. The summed E-state index contributed by atoms with van der Waals surface area (Å²) in [6.45, 7) is 0.515. The number of aromatic nitrogens is 5. The van der Waals surface area contributed by atoms with Gasteiger partial charge in [0.25, 0.3) is 0 Å². The molecule has 0 fully saturated rings. The molecule has 0 aliphatic heterocycles. The Morgan fingerprint density at radius 3 is 2.64 bits per heavy atom. The Kier molecular flexibility index (Phi) is 5.64. The van der Waals surface area contributed by atoms with Gasteiger partial charge in [0, 0.05) is 19.8 Å². The van der Waals surface area contributed by atoms with Crippen molar-refractivity contribution in [1.29, 1.82) is 0 Å². The Balaban J connectivity index is 1.73. The van der Waals surface area contributed by atoms with Gasteiger partial charge in [0.2, 0.25) is 11.7 Å². The maximum Gasteiger partial charge on any atom is 0.303 e. The summed E-state index contributed by atoms with van der Waals surface area (Å²) >= 11 is 10.4. The van der Waals surface area contributed by atoms with Crippen LogP contribution in [0.1, 0.15) is 17.9 Å². The number of hydrogen-bond acceptors (Lipinski definition) is 6. The molecule has 0 aliphatic carbocycles. The molecule has 0 atom stereocenters. The van der Waals surface area contributed by atoms with Gasteiger partial charge in [-0.15, -0.1) is 5.10 Å². The molecule has 8 nitrogen and oxygen atoms in total. The minimum Gasteiger partial charge on any atom is -0.481 e. The molecular weight excluding hydrogens is 526 g/mol. The van der Waals surface area contributed by atoms with Gasteiger partial charge in [0.1, 0.15) is 0 Å². The number of hydrogen-bond donors (Lipinski definition) is 1. The van der Waals surface area contributed by atoms with Crippen molar-refractivity contribution < 1.29 is 14.4 Å². The largest absolute Gasteiger partial charge is 0.481 e. The summed E-state index contributed by atoms with van der Waals surface area (Å²) in [5, 5.41) is 20.6. The average molecular weight is 536 g/mol. The molecule has 11 heteroatoms. The first-order valence-electron chi connectivity index (χ1n) is 7.00. The van der Waals surface area contributed by atoms with Gasteiger partial charge in [-0.2, -0.15) is 4.98 Å². The summed E-state index contributed by atoms with van der Waals surface area (Å²) < 4.78 is 9.48. The van der Waals surface area contributed by atoms with Gasteiger partial charge in [0.05, 0.1) is 19.2 Å². The quantitative estimate of drug-likeness (QED) is 0.480. The third kappa shape index (κ3) is 4.53. The van der Waals surface area contributed by atoms with E-state index >= 15 is 0 Å². The molecule has 130 valence electrons. The average Bonchev–Trinajstić information content (AvgIpc) is 3.19. The van der Waals surface area contributed by atoms with Gasteiger partial charge >= 0.3 is 5.97 Å². The van der Waals surface area contributed by atoms with Gasteiger partial charge in [-0.3, -0.25) is 4.79 Å². The first-order chi connectivity index (χ1) is 11.9. The SMILES string of the molecule is O=C(O)CCc1nc(-c2cn(Cc3cc(Br)c(Br)c(Br)c3)nn2)no1. The van der Waals surface area contributed by atoms with Gasteiger partial charge in [-0.05, 0) is 65.5 Å². The highest BCUT2D eigenvalue weighted by molar-refractivity contribution is 9.14. The summed E-state index contributed by atoms with van der Waals surface area (Å²) in [6.07, 6.45) is 1.81. The number of carbonyl (C=O) groups is 1. The second-order valence-electron chi connectivity index (χ2n) is 5.08. The Morgan fingerprint density at radius 2 is 1.96 bits per heavy atom. The molecule has 0 spiro atoms. The van der Waals surface area contributed by atoms with E-state index in [1.54, 1.807) is 10.9 Å². The van der Waals surface area contributed by atoms with Crippen LogP contribution in [0.2, 0.25) is 0 Å². The molecule has 3 aromatic rings. The van der Waals surface area contributed by atoms with E-state index in [0.717, 1.165) is 19.0 Å². The van der Waals surface area contributed by atoms with Crippen molar-refractivity contribution in [2.24, 2.45) is 0 Å². The highest BCUT2D eigenvalue weighted by atomic mass is 79.9. The summed E-state index contributed by atoms with van der Waals surface area (Å²) in [4.78, 5) is 14.7. The third-order valence-electron chi connectivity index (χ3n) is 3.18. The third-order valence-corrected chi connectivity index (χ3v) is 6.35. The van der Waals surface area contributed by atoms with Crippen molar-refractivity contribution in [3.8, 4) is 11.5 Å². The predicted molar refractivity (Wildman–Crippen MR) is 97.9 cm³/mol. The van der Waals surface area contributed by atoms with E-state index in [1.807, 2.05) is 12.1 Å². The smallest absolute Gasteiger partial charge is 0.303 e. The summed E-state index contributed by atoms with van der Waals surface area (Å²) in [5.41, 5.74) is 1.48. The Labute approximate surface area is 167 Å². The minimum absolute atomic E-state index is 0.0678. The lowest BCUT2D eigenvalue weighted by Gasteiger charge is -2.05. The number of aryl methyl sites for hydroxylation is 1. The van der Waals surface area contributed by atoms with Crippen molar-refractivity contribution in [3.63, 3.8) is 0 Å². The fraction of sp³-hybridized carbons (Fsp3) is 0.214. The lowest BCUT2D eigenvalue weighted by atomic mass is 10.2. The zero-order valence-corrected chi connectivity index (χ0v) is 17.2. The molecule has 2 heterocycles. The number of carboxylic acids is 1. The zero-order valence-electron chi connectivity index (χ0n) is 12.5. The predicted octanol–water partition coefficient (Wildman–Crippen LogP) is 3.68. The van der Waals surface area contributed by atoms with Crippen LogP contribution >= 0.6 is 47.8 Å². The maximum atomic E-state index is 10.6. The van der Waals surface area contributed by atoms with Gasteiger partial charge in [-0.1, -0.05) is 10.4 Å². The van der Waals surface area contributed by atoms with Crippen LogP contribution in [0.15, 0.2) is 36.3 Å². The van der Waals surface area contributed by atoms with Crippen LogP contribution in [-0.2, 0) is 17.8 Å². The molecule has 1 N–H and O–H groups in total. The number of benzene rings is 1. The number of carboxylic acid groups (broad SMARTS) is 1. The van der Waals surface area contributed by atoms with Crippen LogP contribution in [-0.4, -0.2) is 36.2 Å². The van der Waals surface area contributed by atoms with E-state index in [0.29, 0.717) is 12.2 Å². The molecule has 0 radical (unpaired) electrons. The van der Waals surface area contributed by atoms with Crippen LogP contribution in [0.4, 0.5) is 0 Å². The van der Waals surface area contributed by atoms with Crippen molar-refractivity contribution in [2.45, 2.75) is 19.4 Å². The lowest BCUT2D eigenvalue weighted by Crippen LogP contribution is -2.00. The van der Waals surface area contributed by atoms with Gasteiger partial charge < -0.3 is 9.63 Å². The summed E-state index contributed by atoms with van der Waals surface area (Å²) in [6, 6.07) is 3.96. The van der Waals surface area contributed by atoms with Crippen molar-refractivity contribution >= 4 is 53.8 Å². The number of nitrogens with zero attached hydrogens (tertiary/aromatic N) is 5. The molecule has 0 saturated heterocycles. The molecule has 0 aliphatic rings. The van der Waals surface area contributed by atoms with Crippen LogP contribution < -0.4 is 0 Å². The van der Waals surface area contributed by atoms with E-state index in [2.05, 4.69) is 68.2 Å². The number of halogens is 3. The molecule has 25 heavy (non-hydrogen) atoms. The molecular formula is C14H10Br3N5O3. The summed E-state index contributed by atoms with van der Waals surface area (Å²) in [7, 11) is 0. The van der Waals surface area contributed by atoms with E-state index in [1.165, 1.54) is 0 Å². The van der Waals surface area contributed by atoms with Crippen LogP contribution in [0.3, 0.4) is 0 Å². The highest BCUT2D eigenvalue weighted by Crippen LogP contribution is 2.32. The standard InChI is InChI=1S/C14H10Br3N5O3/c15-8-3-7(4-9(16)13(8)17)5-22-6-10(19-21-22)14-18-11(25-20-14)1-2-12(23)24/h3-4,6H,1-2,5H2,(H,23,24).